The molecular weight excluding hydrogens is 722 g/mol. The van der Waals surface area contributed by atoms with Crippen LogP contribution in [-0.2, 0) is 36.4 Å². The van der Waals surface area contributed by atoms with Gasteiger partial charge >= 0.3 is 15.9 Å². The van der Waals surface area contributed by atoms with Crippen LogP contribution in [0.4, 0.5) is 15.8 Å². The summed E-state index contributed by atoms with van der Waals surface area (Å²) < 4.78 is 45.8. The number of aromatic nitrogens is 2. The van der Waals surface area contributed by atoms with E-state index in [1.165, 1.54) is 15.2 Å². The molecule has 15 nitrogen and oxygen atoms in total. The van der Waals surface area contributed by atoms with E-state index in [4.69, 9.17) is 0 Å². The average Bonchev–Trinajstić information content (AvgIpc) is 3.56. The molecule has 3 saturated heterocycles. The van der Waals surface area contributed by atoms with Gasteiger partial charge in [0, 0.05) is 57.1 Å². The van der Waals surface area contributed by atoms with Crippen LogP contribution in [0, 0.1) is 11.7 Å². The highest BCUT2D eigenvalue weighted by Crippen LogP contribution is 2.40. The molecule has 1 unspecified atom stereocenters. The molecule has 0 spiro atoms. The molecular formula is C37H38FN7O8S. The summed E-state index contributed by atoms with van der Waals surface area (Å²) >= 11 is 0. The lowest BCUT2D eigenvalue weighted by atomic mass is 9.92. The Morgan fingerprint density at radius 1 is 0.944 bits per heavy atom. The summed E-state index contributed by atoms with van der Waals surface area (Å²) in [5.41, 5.74) is 3.00. The third-order valence-electron chi connectivity index (χ3n) is 11.1. The van der Waals surface area contributed by atoms with Crippen LogP contribution >= 0.6 is 0 Å². The molecule has 1 aromatic heterocycles. The number of halogens is 1. The van der Waals surface area contributed by atoms with Crippen molar-refractivity contribution >= 4 is 72.6 Å². The highest BCUT2D eigenvalue weighted by atomic mass is 32.2. The van der Waals surface area contributed by atoms with Gasteiger partial charge < -0.3 is 14.9 Å². The molecule has 4 amide bonds. The highest BCUT2D eigenvalue weighted by molar-refractivity contribution is 7.92. The summed E-state index contributed by atoms with van der Waals surface area (Å²) in [4.78, 5) is 66.6. The fraction of sp³-hybridized carbons (Fsp3) is 0.378. The lowest BCUT2D eigenvalue weighted by molar-refractivity contribution is -0.136. The van der Waals surface area contributed by atoms with E-state index >= 15 is 4.39 Å². The molecule has 3 fully saturated rings. The molecule has 282 valence electrons. The molecule has 0 aliphatic carbocycles. The predicted molar refractivity (Wildman–Crippen MR) is 197 cm³/mol. The minimum Gasteiger partial charge on any atom is -0.506 e. The zero-order chi connectivity index (χ0) is 38.1. The summed E-state index contributed by atoms with van der Waals surface area (Å²) in [5.74, 6) is -2.92. The normalized spacial score (nSPS) is 20.8. The fourth-order valence-electron chi connectivity index (χ4n) is 8.12. The van der Waals surface area contributed by atoms with Gasteiger partial charge in [-0.15, -0.1) is 0 Å². The number of fused-ring (bicyclic) bond motifs is 2. The van der Waals surface area contributed by atoms with Gasteiger partial charge in [0.05, 0.1) is 11.0 Å². The number of hydrogen-bond donors (Lipinski definition) is 3. The van der Waals surface area contributed by atoms with E-state index in [1.54, 1.807) is 30.0 Å². The van der Waals surface area contributed by atoms with Crippen LogP contribution in [0.25, 0.3) is 27.4 Å². The van der Waals surface area contributed by atoms with Crippen LogP contribution < -0.4 is 24.9 Å². The summed E-state index contributed by atoms with van der Waals surface area (Å²) in [6.45, 7) is 1.72. The van der Waals surface area contributed by atoms with Crippen LogP contribution in [0.5, 0.6) is 5.75 Å². The van der Waals surface area contributed by atoms with E-state index in [0.717, 1.165) is 37.2 Å². The molecule has 0 saturated carbocycles. The van der Waals surface area contributed by atoms with Gasteiger partial charge in [-0.25, -0.2) is 18.2 Å². The van der Waals surface area contributed by atoms with Crippen molar-refractivity contribution in [2.24, 2.45) is 13.0 Å². The number of anilines is 2. The largest absolute Gasteiger partial charge is 0.506 e. The highest BCUT2D eigenvalue weighted by Gasteiger charge is 2.38. The quantitative estimate of drug-likeness (QED) is 0.249. The number of phenolic OH excluding ortho intramolecular Hbond substituents is 1. The van der Waals surface area contributed by atoms with E-state index in [-0.39, 0.29) is 41.6 Å². The monoisotopic (exact) mass is 759 g/mol. The number of amides is 4. The second kappa shape index (κ2) is 13.3. The Bertz CT molecular complexity index is 2480. The standard InChI is InChI=1S/C37H38FN7O8S/c1-41-29-19-25(4-5-27(29)45(37(41)51)28-6-7-31(47)39-36(28)50)42-12-8-21(9-13-42)16-33(49)43-14-10-22(11-15-43)23-2-3-24-18-30(46)35(34(38)26(24)17-23)44-20-32(48)40-54(44,52)53/h2-5,10,17-19,21,28,46H,6-9,11-16,20H2,1H3,(H,40,48)(H,39,47,50). The number of benzene rings is 3. The molecule has 4 aliphatic rings. The van der Waals surface area contributed by atoms with Gasteiger partial charge in [0.25, 0.3) is 5.91 Å². The van der Waals surface area contributed by atoms with E-state index in [9.17, 15) is 37.5 Å². The maximum absolute atomic E-state index is 15.8. The molecule has 3 aromatic carbocycles. The second-order valence-electron chi connectivity index (χ2n) is 14.3. The fourth-order valence-corrected chi connectivity index (χ4v) is 9.28. The van der Waals surface area contributed by atoms with Crippen molar-refractivity contribution in [1.29, 1.82) is 0 Å². The first-order valence-corrected chi connectivity index (χ1v) is 19.3. The molecule has 54 heavy (non-hydrogen) atoms. The van der Waals surface area contributed by atoms with Crippen LogP contribution in [-0.4, -0.2) is 83.9 Å². The van der Waals surface area contributed by atoms with E-state index in [2.05, 4.69) is 10.2 Å². The van der Waals surface area contributed by atoms with Gasteiger partial charge in [-0.2, -0.15) is 8.42 Å². The van der Waals surface area contributed by atoms with E-state index < -0.39 is 51.9 Å². The second-order valence-corrected chi connectivity index (χ2v) is 15.9. The zero-order valence-electron chi connectivity index (χ0n) is 29.4. The number of aromatic hydroxyl groups is 1. The molecule has 1 atom stereocenters. The molecule has 4 aliphatic heterocycles. The summed E-state index contributed by atoms with van der Waals surface area (Å²) in [6.07, 6.45) is 4.98. The molecule has 8 rings (SSSR count). The Hall–Kier alpha value is -5.71. The molecule has 3 N–H and O–H groups in total. The maximum Gasteiger partial charge on any atom is 0.329 e. The van der Waals surface area contributed by atoms with Crippen LogP contribution in [0.2, 0.25) is 0 Å². The molecule has 4 aromatic rings. The maximum atomic E-state index is 15.8. The number of imidazole rings is 1. The minimum absolute atomic E-state index is 0.0645. The number of hydrogen-bond acceptors (Lipinski definition) is 9. The van der Waals surface area contributed by atoms with Crippen LogP contribution in [0.1, 0.15) is 50.1 Å². The number of piperidine rings is 2. The van der Waals surface area contributed by atoms with E-state index in [0.29, 0.717) is 52.2 Å². The van der Waals surface area contributed by atoms with Gasteiger partial charge in [0.2, 0.25) is 17.7 Å². The van der Waals surface area contributed by atoms with Crippen LogP contribution in [0.15, 0.2) is 53.3 Å². The van der Waals surface area contributed by atoms with Crippen LogP contribution in [0.3, 0.4) is 0 Å². The number of nitrogens with zero attached hydrogens (tertiary/aromatic N) is 5. The van der Waals surface area contributed by atoms with Crippen molar-refractivity contribution in [1.82, 2.24) is 24.1 Å². The van der Waals surface area contributed by atoms with Crippen molar-refractivity contribution < 1.29 is 37.1 Å². The first-order chi connectivity index (χ1) is 25.8. The van der Waals surface area contributed by atoms with E-state index in [1.807, 2.05) is 29.2 Å². The minimum atomic E-state index is -4.34. The van der Waals surface area contributed by atoms with Gasteiger partial charge in [0.1, 0.15) is 24.0 Å². The number of carbonyl (C=O) groups excluding carboxylic acids is 4. The van der Waals surface area contributed by atoms with Gasteiger partial charge in [-0.05, 0) is 78.5 Å². The number of imide groups is 1. The molecule has 0 bridgehead atoms. The lowest BCUT2D eigenvalue weighted by Crippen LogP contribution is -2.44. The van der Waals surface area contributed by atoms with Crippen molar-refractivity contribution in [2.75, 3.05) is 41.9 Å². The summed E-state index contributed by atoms with van der Waals surface area (Å²) in [5, 5.41) is 13.3. The van der Waals surface area contributed by atoms with Gasteiger partial charge in [-0.3, -0.25) is 33.6 Å². The third-order valence-corrected chi connectivity index (χ3v) is 12.4. The smallest absolute Gasteiger partial charge is 0.329 e. The van der Waals surface area contributed by atoms with Gasteiger partial charge in [-0.1, -0.05) is 18.2 Å². The van der Waals surface area contributed by atoms with Crippen molar-refractivity contribution in [3.63, 3.8) is 0 Å². The average molecular weight is 760 g/mol. The Morgan fingerprint density at radius 2 is 1.72 bits per heavy atom. The number of aryl methyl sites for hydroxylation is 1. The zero-order valence-corrected chi connectivity index (χ0v) is 30.2. The van der Waals surface area contributed by atoms with Crippen molar-refractivity contribution in [2.45, 2.75) is 44.6 Å². The molecule has 17 heteroatoms. The predicted octanol–water partition coefficient (Wildman–Crippen LogP) is 2.42. The summed E-state index contributed by atoms with van der Waals surface area (Å²) in [7, 11) is -2.66. The third kappa shape index (κ3) is 6.15. The first kappa shape index (κ1) is 35.3. The Morgan fingerprint density at radius 3 is 2.41 bits per heavy atom. The number of carbonyl (C=O) groups is 4. The lowest BCUT2D eigenvalue weighted by Gasteiger charge is -2.35. The van der Waals surface area contributed by atoms with Crippen molar-refractivity contribution in [3.8, 4) is 5.75 Å². The molecule has 0 radical (unpaired) electrons. The Labute approximate surface area is 308 Å². The number of nitrogens with one attached hydrogen (secondary N) is 2. The SMILES string of the molecule is Cn1c(=O)n(C2CCC(=O)NC2=O)c2ccc(N3CCC(CC(=O)N4CC=C(c5ccc6cc(O)c(N7CC(=O)NS7(=O)=O)c(F)c6c5)CC4)CC3)cc21. The van der Waals surface area contributed by atoms with Crippen molar-refractivity contribution in [3.05, 3.63) is 70.4 Å². The number of rotatable bonds is 6. The summed E-state index contributed by atoms with van der Waals surface area (Å²) in [6, 6.07) is 11.3. The number of phenols is 1. The van der Waals surface area contributed by atoms with Gasteiger partial charge in [0.15, 0.2) is 5.82 Å². The molecule has 5 heterocycles. The topological polar surface area (TPSA) is 183 Å². The Balaban J connectivity index is 0.899. The first-order valence-electron chi connectivity index (χ1n) is 17.8. The Kier molecular flexibility index (Phi) is 8.70.